The predicted molar refractivity (Wildman–Crippen MR) is 81.7 cm³/mol. The van der Waals surface area contributed by atoms with E-state index in [0.29, 0.717) is 0 Å². The summed E-state index contributed by atoms with van der Waals surface area (Å²) in [5.74, 6) is -0.0684. The number of carbonyl (C=O) groups is 1. The summed E-state index contributed by atoms with van der Waals surface area (Å²) in [4.78, 5) is 17.4. The molecule has 0 saturated heterocycles. The Morgan fingerprint density at radius 1 is 1.20 bits per heavy atom. The second-order valence-corrected chi connectivity index (χ2v) is 5.66. The van der Waals surface area contributed by atoms with Crippen molar-refractivity contribution in [1.29, 1.82) is 0 Å². The molecule has 2 aromatic rings. The molecule has 0 spiro atoms. The largest absolute Gasteiger partial charge is 0.326 e. The summed E-state index contributed by atoms with van der Waals surface area (Å²) in [6.45, 7) is 3.41. The fraction of sp³-hybridized carbons (Fsp3) is 0.200. The van der Waals surface area contributed by atoms with Crippen LogP contribution in [-0.4, -0.2) is 10.9 Å². The van der Waals surface area contributed by atoms with Crippen LogP contribution in [0.4, 0.5) is 5.69 Å². The molecule has 1 amide bonds. The number of benzene rings is 1. The summed E-state index contributed by atoms with van der Waals surface area (Å²) >= 11 is 1.62. The third-order valence-corrected chi connectivity index (χ3v) is 3.62. The van der Waals surface area contributed by atoms with Crippen molar-refractivity contribution in [3.63, 3.8) is 0 Å². The molecule has 2 rings (SSSR count). The maximum absolute atomic E-state index is 10.9. The molecule has 1 atom stereocenters. The highest BCUT2D eigenvalue weighted by Crippen LogP contribution is 2.28. The smallest absolute Gasteiger partial charge is 0.221 e. The lowest BCUT2D eigenvalue weighted by Crippen LogP contribution is -2.06. The van der Waals surface area contributed by atoms with Crippen LogP contribution in [0.5, 0.6) is 0 Å². The van der Waals surface area contributed by atoms with Crippen LogP contribution in [0.1, 0.15) is 25.6 Å². The average Bonchev–Trinajstić information content (AvgIpc) is 2.41. The van der Waals surface area contributed by atoms with Crippen molar-refractivity contribution < 1.29 is 4.79 Å². The quantitative estimate of drug-likeness (QED) is 0.906. The number of carbonyl (C=O) groups excluding carboxylic acids is 1. The van der Waals surface area contributed by atoms with Crippen molar-refractivity contribution in [3.8, 4) is 0 Å². The first kappa shape index (κ1) is 14.6. The number of rotatable bonds is 4. The van der Waals surface area contributed by atoms with E-state index in [0.717, 1.165) is 21.2 Å². The molecule has 0 aliphatic carbocycles. The van der Waals surface area contributed by atoms with Crippen molar-refractivity contribution >= 4 is 23.4 Å². The summed E-state index contributed by atoms with van der Waals surface area (Å²) in [5.41, 5.74) is 7.45. The first-order chi connectivity index (χ1) is 9.54. The monoisotopic (exact) mass is 287 g/mol. The van der Waals surface area contributed by atoms with Crippen LogP contribution in [-0.2, 0) is 4.79 Å². The van der Waals surface area contributed by atoms with E-state index in [1.54, 1.807) is 11.8 Å². The van der Waals surface area contributed by atoms with Gasteiger partial charge in [-0.1, -0.05) is 11.8 Å². The van der Waals surface area contributed by atoms with Crippen molar-refractivity contribution in [3.05, 3.63) is 48.3 Å². The topological polar surface area (TPSA) is 68.0 Å². The normalized spacial score (nSPS) is 11.9. The van der Waals surface area contributed by atoms with E-state index in [1.807, 2.05) is 49.5 Å². The predicted octanol–water partition coefficient (Wildman–Crippen LogP) is 3.21. The maximum Gasteiger partial charge on any atom is 0.221 e. The van der Waals surface area contributed by atoms with E-state index in [4.69, 9.17) is 5.73 Å². The number of amides is 1. The van der Waals surface area contributed by atoms with Crippen molar-refractivity contribution in [2.75, 3.05) is 5.32 Å². The van der Waals surface area contributed by atoms with Crippen LogP contribution < -0.4 is 11.1 Å². The minimum Gasteiger partial charge on any atom is -0.326 e. The van der Waals surface area contributed by atoms with Gasteiger partial charge in [-0.05, 0) is 43.3 Å². The van der Waals surface area contributed by atoms with E-state index < -0.39 is 0 Å². The zero-order chi connectivity index (χ0) is 14.5. The number of aromatic nitrogens is 1. The number of pyridine rings is 1. The summed E-state index contributed by atoms with van der Waals surface area (Å²) in [6, 6.07) is 11.6. The number of anilines is 1. The minimum atomic E-state index is -0.0684. The summed E-state index contributed by atoms with van der Waals surface area (Å²) in [6.07, 6.45) is 1.82. The van der Waals surface area contributed by atoms with Crippen LogP contribution in [0.25, 0.3) is 0 Å². The molecule has 0 bridgehead atoms. The first-order valence-corrected chi connectivity index (χ1v) is 7.13. The summed E-state index contributed by atoms with van der Waals surface area (Å²) < 4.78 is 0. The average molecular weight is 287 g/mol. The van der Waals surface area contributed by atoms with Gasteiger partial charge in [0.25, 0.3) is 0 Å². The molecule has 0 aliphatic heterocycles. The highest BCUT2D eigenvalue weighted by molar-refractivity contribution is 7.99. The zero-order valence-corrected chi connectivity index (χ0v) is 12.3. The van der Waals surface area contributed by atoms with Gasteiger partial charge in [0, 0.05) is 34.6 Å². The van der Waals surface area contributed by atoms with E-state index >= 15 is 0 Å². The highest BCUT2D eigenvalue weighted by Gasteiger charge is 2.03. The van der Waals surface area contributed by atoms with Crippen molar-refractivity contribution in [2.45, 2.75) is 29.7 Å². The van der Waals surface area contributed by atoms with Gasteiger partial charge in [0.05, 0.1) is 5.69 Å². The van der Waals surface area contributed by atoms with Gasteiger partial charge in [-0.2, -0.15) is 0 Å². The number of hydrogen-bond acceptors (Lipinski definition) is 4. The Labute approximate surface area is 122 Å². The van der Waals surface area contributed by atoms with Gasteiger partial charge in [-0.25, -0.2) is 0 Å². The summed E-state index contributed by atoms with van der Waals surface area (Å²) in [7, 11) is 0. The number of nitrogens with two attached hydrogens (primary N) is 1. The Kier molecular flexibility index (Phi) is 4.76. The molecule has 4 nitrogen and oxygen atoms in total. The van der Waals surface area contributed by atoms with Gasteiger partial charge in [0.1, 0.15) is 0 Å². The molecule has 1 aromatic carbocycles. The Balaban J connectivity index is 2.04. The van der Waals surface area contributed by atoms with Crippen LogP contribution >= 0.6 is 11.8 Å². The highest BCUT2D eigenvalue weighted by atomic mass is 32.2. The lowest BCUT2D eigenvalue weighted by Gasteiger charge is -2.07. The second kappa shape index (κ2) is 6.54. The van der Waals surface area contributed by atoms with Crippen molar-refractivity contribution in [2.24, 2.45) is 5.73 Å². The first-order valence-electron chi connectivity index (χ1n) is 6.31. The molecule has 5 heteroatoms. The van der Waals surface area contributed by atoms with Gasteiger partial charge < -0.3 is 11.1 Å². The lowest BCUT2D eigenvalue weighted by atomic mass is 10.2. The van der Waals surface area contributed by atoms with Crippen LogP contribution in [0.3, 0.4) is 0 Å². The SMILES string of the molecule is CC(=O)Nc1ccc(Sc2ccc([C@H](C)N)nc2)cc1. The fourth-order valence-electron chi connectivity index (χ4n) is 1.67. The maximum atomic E-state index is 10.9. The van der Waals surface area contributed by atoms with Gasteiger partial charge in [0.2, 0.25) is 5.91 Å². The molecule has 1 aromatic heterocycles. The van der Waals surface area contributed by atoms with Crippen LogP contribution in [0.15, 0.2) is 52.4 Å². The molecule has 1 heterocycles. The molecular formula is C15H17N3OS. The molecule has 0 unspecified atom stereocenters. The lowest BCUT2D eigenvalue weighted by molar-refractivity contribution is -0.114. The molecule has 3 N–H and O–H groups in total. The minimum absolute atomic E-state index is 0.0500. The third kappa shape index (κ3) is 4.08. The van der Waals surface area contributed by atoms with Gasteiger partial charge in [-0.3, -0.25) is 9.78 Å². The number of nitrogens with zero attached hydrogens (tertiary/aromatic N) is 1. The van der Waals surface area contributed by atoms with Gasteiger partial charge >= 0.3 is 0 Å². The van der Waals surface area contributed by atoms with E-state index in [2.05, 4.69) is 10.3 Å². The van der Waals surface area contributed by atoms with E-state index in [1.165, 1.54) is 6.92 Å². The summed E-state index contributed by atoms with van der Waals surface area (Å²) in [5, 5.41) is 2.74. The van der Waals surface area contributed by atoms with Gasteiger partial charge in [-0.15, -0.1) is 0 Å². The van der Waals surface area contributed by atoms with E-state index in [9.17, 15) is 4.79 Å². The molecule has 20 heavy (non-hydrogen) atoms. The standard InChI is InChI=1S/C15H17N3OS/c1-10(16)15-8-7-14(9-17-15)20-13-5-3-12(4-6-13)18-11(2)19/h3-10H,16H2,1-2H3,(H,18,19)/t10-/m0/s1. The zero-order valence-electron chi connectivity index (χ0n) is 11.5. The van der Waals surface area contributed by atoms with Crippen LogP contribution in [0, 0.1) is 0 Å². The molecule has 0 fully saturated rings. The Bertz CT molecular complexity index is 579. The number of hydrogen-bond donors (Lipinski definition) is 2. The number of nitrogens with one attached hydrogen (secondary N) is 1. The molecule has 0 aliphatic rings. The molecule has 0 saturated carbocycles. The Morgan fingerprint density at radius 3 is 2.35 bits per heavy atom. The fourth-order valence-corrected chi connectivity index (χ4v) is 2.45. The Hall–Kier alpha value is -1.85. The molecule has 104 valence electrons. The second-order valence-electron chi connectivity index (χ2n) is 4.52. The third-order valence-electron chi connectivity index (χ3n) is 2.64. The van der Waals surface area contributed by atoms with Crippen molar-refractivity contribution in [1.82, 2.24) is 4.98 Å². The van der Waals surface area contributed by atoms with E-state index in [-0.39, 0.29) is 11.9 Å². The Morgan fingerprint density at radius 2 is 1.85 bits per heavy atom. The van der Waals surface area contributed by atoms with Gasteiger partial charge in [0.15, 0.2) is 0 Å². The molecule has 0 radical (unpaired) electrons. The van der Waals surface area contributed by atoms with Crippen LogP contribution in [0.2, 0.25) is 0 Å². The molecular weight excluding hydrogens is 270 g/mol.